The van der Waals surface area contributed by atoms with Gasteiger partial charge in [0.1, 0.15) is 0 Å². The number of benzene rings is 2. The molecule has 1 amide bonds. The molecule has 3 nitrogen and oxygen atoms in total. The quantitative estimate of drug-likeness (QED) is 0.425. The Balaban J connectivity index is 1.93. The van der Waals surface area contributed by atoms with Gasteiger partial charge in [-0.25, -0.2) is 0 Å². The van der Waals surface area contributed by atoms with Gasteiger partial charge in [0.2, 0.25) is 0 Å². The fourth-order valence-electron chi connectivity index (χ4n) is 2.72. The van der Waals surface area contributed by atoms with Crippen LogP contribution >= 0.6 is 23.5 Å². The van der Waals surface area contributed by atoms with Gasteiger partial charge >= 0.3 is 12.4 Å². The van der Waals surface area contributed by atoms with Gasteiger partial charge in [-0.05, 0) is 54.8 Å². The highest BCUT2D eigenvalue weighted by molar-refractivity contribution is 8.00. The molecule has 0 atom stereocenters. The minimum Gasteiger partial charge on any atom is -0.322 e. The molecule has 2 aromatic rings. The van der Waals surface area contributed by atoms with Gasteiger partial charge in [-0.3, -0.25) is 4.79 Å². The van der Waals surface area contributed by atoms with Gasteiger partial charge in [0, 0.05) is 23.7 Å². The number of hydrogen-bond acceptors (Lipinski definition) is 3. The molecule has 0 aliphatic carbocycles. The molecular weight excluding hydrogens is 442 g/mol. The molecule has 3 rings (SSSR count). The van der Waals surface area contributed by atoms with Crippen LogP contribution in [0, 0.1) is 0 Å². The highest BCUT2D eigenvalue weighted by atomic mass is 35.5. The monoisotopic (exact) mass is 454 g/mol. The van der Waals surface area contributed by atoms with Gasteiger partial charge in [-0.1, -0.05) is 11.6 Å². The molecule has 1 fully saturated rings. The number of nitrogens with zero attached hydrogens (tertiary/aromatic N) is 1. The molecule has 0 aromatic heterocycles. The summed E-state index contributed by atoms with van der Waals surface area (Å²) in [5.74, 6) is -0.0114. The second-order valence-electron chi connectivity index (χ2n) is 6.20. The number of amides is 1. The van der Waals surface area contributed by atoms with Crippen LogP contribution in [0.4, 0.5) is 37.7 Å². The van der Waals surface area contributed by atoms with Crippen molar-refractivity contribution < 1.29 is 31.1 Å². The summed E-state index contributed by atoms with van der Waals surface area (Å²) in [5.41, 5.74) is -3.05. The summed E-state index contributed by atoms with van der Waals surface area (Å²) in [6, 6.07) is 5.48. The van der Waals surface area contributed by atoms with E-state index in [0.717, 1.165) is 18.7 Å². The summed E-state index contributed by atoms with van der Waals surface area (Å²) in [6.45, 7) is 0.746. The van der Waals surface area contributed by atoms with E-state index in [1.54, 1.807) is 18.0 Å². The van der Waals surface area contributed by atoms with Crippen LogP contribution in [0.5, 0.6) is 0 Å². The molecular formula is C18H13ClF6N2OS. The van der Waals surface area contributed by atoms with E-state index in [2.05, 4.69) is 5.32 Å². The second-order valence-corrected chi connectivity index (χ2v) is 7.72. The largest absolute Gasteiger partial charge is 0.416 e. The lowest BCUT2D eigenvalue weighted by molar-refractivity contribution is -0.143. The zero-order chi connectivity index (χ0) is 21.4. The fourth-order valence-corrected chi connectivity index (χ4v) is 3.92. The number of hydrogen-bond donors (Lipinski definition) is 1. The van der Waals surface area contributed by atoms with Crippen molar-refractivity contribution in [3.05, 3.63) is 58.1 Å². The van der Waals surface area contributed by atoms with Gasteiger partial charge in [0.05, 0.1) is 21.7 Å². The molecule has 1 aliphatic heterocycles. The summed E-state index contributed by atoms with van der Waals surface area (Å²) < 4.78 is 79.8. The number of rotatable bonds is 3. The van der Waals surface area contributed by atoms with Crippen LogP contribution in [-0.4, -0.2) is 18.2 Å². The van der Waals surface area contributed by atoms with E-state index in [1.807, 2.05) is 4.31 Å². The molecule has 0 saturated carbocycles. The normalized spacial score (nSPS) is 14.9. The van der Waals surface area contributed by atoms with E-state index in [9.17, 15) is 31.1 Å². The summed E-state index contributed by atoms with van der Waals surface area (Å²) in [5, 5.41) is 2.12. The number of halogens is 7. The van der Waals surface area contributed by atoms with Crippen LogP contribution in [0.1, 0.15) is 27.9 Å². The van der Waals surface area contributed by atoms with E-state index in [1.165, 1.54) is 12.1 Å². The lowest BCUT2D eigenvalue weighted by Gasteiger charge is -2.18. The van der Waals surface area contributed by atoms with Gasteiger partial charge in [-0.15, -0.1) is 0 Å². The zero-order valence-electron chi connectivity index (χ0n) is 14.5. The molecule has 1 heterocycles. The first kappa shape index (κ1) is 21.6. The van der Waals surface area contributed by atoms with E-state index < -0.39 is 35.1 Å². The maximum atomic E-state index is 13.0. The first-order valence-corrected chi connectivity index (χ1v) is 9.58. The maximum Gasteiger partial charge on any atom is 0.416 e. The topological polar surface area (TPSA) is 32.3 Å². The van der Waals surface area contributed by atoms with Crippen LogP contribution < -0.4 is 9.62 Å². The van der Waals surface area contributed by atoms with Crippen molar-refractivity contribution in [2.75, 3.05) is 21.9 Å². The van der Waals surface area contributed by atoms with Crippen molar-refractivity contribution in [2.24, 2.45) is 0 Å². The molecule has 0 radical (unpaired) electrons. The van der Waals surface area contributed by atoms with Gasteiger partial charge in [0.15, 0.2) is 0 Å². The van der Waals surface area contributed by atoms with Crippen LogP contribution in [0.25, 0.3) is 0 Å². The molecule has 1 N–H and O–H groups in total. The van der Waals surface area contributed by atoms with Crippen LogP contribution in [0.15, 0.2) is 36.4 Å². The number of alkyl halides is 6. The third kappa shape index (κ3) is 5.11. The molecule has 0 spiro atoms. The Morgan fingerprint density at radius 1 is 1.00 bits per heavy atom. The second kappa shape index (κ2) is 7.98. The van der Waals surface area contributed by atoms with Crippen molar-refractivity contribution in [3.8, 4) is 0 Å². The molecule has 0 unspecified atom stereocenters. The highest BCUT2D eigenvalue weighted by Gasteiger charge is 2.37. The van der Waals surface area contributed by atoms with Crippen molar-refractivity contribution >= 4 is 40.8 Å². The minimum absolute atomic E-state index is 0.00610. The molecule has 29 heavy (non-hydrogen) atoms. The average molecular weight is 455 g/mol. The first-order valence-electron chi connectivity index (χ1n) is 8.26. The van der Waals surface area contributed by atoms with Crippen LogP contribution in [-0.2, 0) is 12.4 Å². The Morgan fingerprint density at radius 2 is 1.62 bits per heavy atom. The Morgan fingerprint density at radius 3 is 2.14 bits per heavy atom. The van der Waals surface area contributed by atoms with Crippen molar-refractivity contribution in [1.29, 1.82) is 0 Å². The Bertz CT molecular complexity index is 893. The summed E-state index contributed by atoms with van der Waals surface area (Å²) in [7, 11) is 0. The lowest BCUT2D eigenvalue weighted by atomic mass is 10.1. The minimum atomic E-state index is -5.01. The smallest absolute Gasteiger partial charge is 0.322 e. The molecule has 0 bridgehead atoms. The van der Waals surface area contributed by atoms with E-state index in [4.69, 9.17) is 11.6 Å². The maximum absolute atomic E-state index is 13.0. The summed E-state index contributed by atoms with van der Waals surface area (Å²) in [4.78, 5) is 12.5. The Kier molecular flexibility index (Phi) is 5.96. The number of carbonyl (C=O) groups is 1. The van der Waals surface area contributed by atoms with E-state index in [-0.39, 0.29) is 16.7 Å². The predicted molar refractivity (Wildman–Crippen MR) is 100 cm³/mol. The number of nitrogens with one attached hydrogen (secondary N) is 1. The first-order chi connectivity index (χ1) is 13.4. The van der Waals surface area contributed by atoms with E-state index in [0.29, 0.717) is 17.8 Å². The third-order valence-corrected chi connectivity index (χ3v) is 5.59. The Labute approximate surface area is 171 Å². The predicted octanol–water partition coefficient (Wildman–Crippen LogP) is 6.49. The number of anilines is 2. The standard InChI is InChI=1S/C18H13ClF6N2OS/c19-15-3-2-13(27-4-1-5-29-27)9-14(15)16(28)26-12-7-10(17(20,21)22)6-11(8-12)18(23,24)25/h2-3,6-9H,1,4-5H2,(H,26,28). The average Bonchev–Trinajstić information content (AvgIpc) is 3.15. The van der Waals surface area contributed by atoms with Gasteiger partial charge in [0.25, 0.3) is 5.91 Å². The van der Waals surface area contributed by atoms with Crippen molar-refractivity contribution in [2.45, 2.75) is 18.8 Å². The zero-order valence-corrected chi connectivity index (χ0v) is 16.1. The molecule has 11 heteroatoms. The fraction of sp³-hybridized carbons (Fsp3) is 0.278. The van der Waals surface area contributed by atoms with Crippen LogP contribution in [0.3, 0.4) is 0 Å². The lowest BCUT2D eigenvalue weighted by Crippen LogP contribution is -2.17. The summed E-state index contributed by atoms with van der Waals surface area (Å²) >= 11 is 7.57. The SMILES string of the molecule is O=C(Nc1cc(C(F)(F)F)cc(C(F)(F)F)c1)c1cc(N2CCCS2)ccc1Cl. The third-order valence-electron chi connectivity index (χ3n) is 4.08. The number of carbonyl (C=O) groups excluding carboxylic acids is 1. The highest BCUT2D eigenvalue weighted by Crippen LogP contribution is 2.38. The van der Waals surface area contributed by atoms with Crippen molar-refractivity contribution in [3.63, 3.8) is 0 Å². The molecule has 1 aliphatic rings. The molecule has 2 aromatic carbocycles. The van der Waals surface area contributed by atoms with Crippen LogP contribution in [0.2, 0.25) is 5.02 Å². The van der Waals surface area contributed by atoms with Gasteiger partial charge in [-0.2, -0.15) is 26.3 Å². The van der Waals surface area contributed by atoms with E-state index >= 15 is 0 Å². The van der Waals surface area contributed by atoms with Gasteiger partial charge < -0.3 is 9.62 Å². The molecule has 156 valence electrons. The summed E-state index contributed by atoms with van der Waals surface area (Å²) in [6.07, 6.45) is -9.07. The van der Waals surface area contributed by atoms with Crippen molar-refractivity contribution in [1.82, 2.24) is 0 Å². The molecule has 1 saturated heterocycles. The Hall–Kier alpha value is -2.07.